The average Bonchev–Trinajstić information content (AvgIpc) is 2.42. The van der Waals surface area contributed by atoms with Gasteiger partial charge in [0.2, 0.25) is 0 Å². The van der Waals surface area contributed by atoms with Gasteiger partial charge in [-0.1, -0.05) is 23.7 Å². The van der Waals surface area contributed by atoms with E-state index in [2.05, 4.69) is 17.2 Å². The molecule has 19 heavy (non-hydrogen) atoms. The van der Waals surface area contributed by atoms with Gasteiger partial charge < -0.3 is 5.32 Å². The molecule has 1 unspecified atom stereocenters. The predicted molar refractivity (Wildman–Crippen MR) is 75.6 cm³/mol. The molecule has 0 spiro atoms. The van der Waals surface area contributed by atoms with Crippen molar-refractivity contribution in [2.45, 2.75) is 25.9 Å². The highest BCUT2D eigenvalue weighted by molar-refractivity contribution is 6.30. The number of benzene rings is 1. The van der Waals surface area contributed by atoms with E-state index in [-0.39, 0.29) is 22.9 Å². The highest BCUT2D eigenvalue weighted by Crippen LogP contribution is 2.22. The molecule has 0 saturated carbocycles. The molecule has 0 radical (unpaired) electrons. The fourth-order valence-corrected chi connectivity index (χ4v) is 2.10. The molecule has 0 saturated heterocycles. The minimum atomic E-state index is -0.387. The molecule has 2 nitrogen and oxygen atoms in total. The lowest BCUT2D eigenvalue weighted by molar-refractivity contribution is 0.491. The van der Waals surface area contributed by atoms with Crippen molar-refractivity contribution in [2.24, 2.45) is 0 Å². The van der Waals surface area contributed by atoms with E-state index in [1.165, 1.54) is 6.07 Å². The van der Waals surface area contributed by atoms with Crippen molar-refractivity contribution in [3.8, 4) is 0 Å². The number of nitrogens with zero attached hydrogens (tertiary/aromatic N) is 1. The van der Waals surface area contributed by atoms with Crippen LogP contribution in [0.4, 0.5) is 4.39 Å². The van der Waals surface area contributed by atoms with Crippen LogP contribution in [0, 0.1) is 5.82 Å². The van der Waals surface area contributed by atoms with Gasteiger partial charge in [-0.05, 0) is 43.2 Å². The molecular formula is C15H16ClFN2. The van der Waals surface area contributed by atoms with Gasteiger partial charge >= 0.3 is 0 Å². The minimum Gasteiger partial charge on any atom is -0.304 e. The van der Waals surface area contributed by atoms with Crippen LogP contribution in [-0.4, -0.2) is 4.98 Å². The van der Waals surface area contributed by atoms with E-state index < -0.39 is 0 Å². The van der Waals surface area contributed by atoms with Crippen molar-refractivity contribution in [1.82, 2.24) is 10.3 Å². The average molecular weight is 279 g/mol. The van der Waals surface area contributed by atoms with Crippen LogP contribution in [0.3, 0.4) is 0 Å². The monoisotopic (exact) mass is 278 g/mol. The third-order valence-corrected chi connectivity index (χ3v) is 3.43. The van der Waals surface area contributed by atoms with Crippen molar-refractivity contribution in [1.29, 1.82) is 0 Å². The summed E-state index contributed by atoms with van der Waals surface area (Å²) in [5.74, 6) is -0.387. The first kappa shape index (κ1) is 14.0. The second-order valence-electron chi connectivity index (χ2n) is 4.57. The molecule has 0 aliphatic heterocycles. The number of nitrogens with one attached hydrogen (secondary N) is 1. The largest absolute Gasteiger partial charge is 0.304 e. The van der Waals surface area contributed by atoms with Crippen LogP contribution < -0.4 is 5.32 Å². The van der Waals surface area contributed by atoms with Gasteiger partial charge in [0.05, 0.1) is 5.02 Å². The summed E-state index contributed by atoms with van der Waals surface area (Å²) in [5, 5.41) is 3.56. The Bertz CT molecular complexity index is 545. The standard InChI is InChI=1S/C15H16ClFN2/c1-10(12-5-6-14(16)15(17)8-12)19-11(2)13-4-3-7-18-9-13/h3-11,19H,1-2H3/t10?,11-/m1/s1. The molecule has 0 amide bonds. The summed E-state index contributed by atoms with van der Waals surface area (Å²) >= 11 is 5.68. The molecule has 0 bridgehead atoms. The first-order valence-electron chi connectivity index (χ1n) is 6.19. The minimum absolute atomic E-state index is 0.0296. The molecule has 4 heteroatoms. The van der Waals surface area contributed by atoms with Crippen molar-refractivity contribution in [2.75, 3.05) is 0 Å². The summed E-state index contributed by atoms with van der Waals surface area (Å²) in [6.45, 7) is 4.05. The predicted octanol–water partition coefficient (Wildman–Crippen LogP) is 4.29. The van der Waals surface area contributed by atoms with Crippen molar-refractivity contribution >= 4 is 11.6 Å². The van der Waals surface area contributed by atoms with E-state index in [0.717, 1.165) is 11.1 Å². The third-order valence-electron chi connectivity index (χ3n) is 3.13. The maximum absolute atomic E-state index is 13.4. The van der Waals surface area contributed by atoms with Crippen molar-refractivity contribution in [3.05, 3.63) is 64.7 Å². The summed E-state index contributed by atoms with van der Waals surface area (Å²) in [7, 11) is 0. The summed E-state index contributed by atoms with van der Waals surface area (Å²) in [6, 6.07) is 8.97. The lowest BCUT2D eigenvalue weighted by Crippen LogP contribution is -2.22. The first-order valence-corrected chi connectivity index (χ1v) is 6.56. The van der Waals surface area contributed by atoms with Gasteiger partial charge in [0.25, 0.3) is 0 Å². The maximum atomic E-state index is 13.4. The van der Waals surface area contributed by atoms with Crippen molar-refractivity contribution in [3.63, 3.8) is 0 Å². The zero-order valence-electron chi connectivity index (χ0n) is 10.9. The summed E-state index contributed by atoms with van der Waals surface area (Å²) in [6.07, 6.45) is 3.57. The molecule has 1 aromatic carbocycles. The highest BCUT2D eigenvalue weighted by Gasteiger charge is 2.12. The van der Waals surface area contributed by atoms with Crippen LogP contribution in [0.15, 0.2) is 42.7 Å². The second-order valence-corrected chi connectivity index (χ2v) is 4.98. The van der Waals surface area contributed by atoms with E-state index in [0.29, 0.717) is 0 Å². The topological polar surface area (TPSA) is 24.9 Å². The summed E-state index contributed by atoms with van der Waals surface area (Å²) < 4.78 is 13.4. The molecule has 0 aliphatic rings. The fourth-order valence-electron chi connectivity index (χ4n) is 1.98. The smallest absolute Gasteiger partial charge is 0.142 e. The highest BCUT2D eigenvalue weighted by atomic mass is 35.5. The molecule has 0 aliphatic carbocycles. The Morgan fingerprint density at radius 3 is 2.53 bits per heavy atom. The number of aromatic nitrogens is 1. The molecule has 0 fully saturated rings. The lowest BCUT2D eigenvalue weighted by Gasteiger charge is -2.20. The van der Waals surface area contributed by atoms with E-state index >= 15 is 0 Å². The molecule has 100 valence electrons. The van der Waals surface area contributed by atoms with Crippen molar-refractivity contribution < 1.29 is 4.39 Å². The second kappa shape index (κ2) is 6.13. The van der Waals surface area contributed by atoms with E-state index in [1.54, 1.807) is 12.3 Å². The maximum Gasteiger partial charge on any atom is 0.142 e. The Morgan fingerprint density at radius 2 is 1.89 bits per heavy atom. The van der Waals surface area contributed by atoms with E-state index in [1.807, 2.05) is 31.3 Å². The SMILES string of the molecule is CC(N[C@H](C)c1cccnc1)c1ccc(Cl)c(F)c1. The Hall–Kier alpha value is -1.45. The van der Waals surface area contributed by atoms with Crippen LogP contribution in [0.2, 0.25) is 5.02 Å². The zero-order chi connectivity index (χ0) is 13.8. The van der Waals surface area contributed by atoms with Gasteiger partial charge in [0.15, 0.2) is 0 Å². The van der Waals surface area contributed by atoms with Gasteiger partial charge in [-0.25, -0.2) is 4.39 Å². The van der Waals surface area contributed by atoms with E-state index in [9.17, 15) is 4.39 Å². The number of hydrogen-bond donors (Lipinski definition) is 1. The molecule has 1 N–H and O–H groups in total. The van der Waals surface area contributed by atoms with Crippen LogP contribution in [0.25, 0.3) is 0 Å². The summed E-state index contributed by atoms with van der Waals surface area (Å²) in [4.78, 5) is 4.09. The molecule has 2 rings (SSSR count). The van der Waals surface area contributed by atoms with Crippen LogP contribution >= 0.6 is 11.6 Å². The normalized spacial score (nSPS) is 14.1. The fraction of sp³-hybridized carbons (Fsp3) is 0.267. The van der Waals surface area contributed by atoms with Gasteiger partial charge in [-0.15, -0.1) is 0 Å². The molecule has 1 heterocycles. The lowest BCUT2D eigenvalue weighted by atomic mass is 10.1. The van der Waals surface area contributed by atoms with Crippen LogP contribution in [-0.2, 0) is 0 Å². The Kier molecular flexibility index (Phi) is 4.51. The molecule has 1 aromatic heterocycles. The first-order chi connectivity index (χ1) is 9.08. The number of rotatable bonds is 4. The molecule has 2 atom stereocenters. The number of hydrogen-bond acceptors (Lipinski definition) is 2. The zero-order valence-corrected chi connectivity index (χ0v) is 11.7. The Morgan fingerprint density at radius 1 is 1.16 bits per heavy atom. The van der Waals surface area contributed by atoms with E-state index in [4.69, 9.17) is 11.6 Å². The molecular weight excluding hydrogens is 263 g/mol. The third kappa shape index (κ3) is 3.52. The molecule has 2 aromatic rings. The van der Waals surface area contributed by atoms with Gasteiger partial charge in [0.1, 0.15) is 5.82 Å². The number of pyridine rings is 1. The Balaban J connectivity index is 2.08. The van der Waals surface area contributed by atoms with Gasteiger partial charge in [0, 0.05) is 24.5 Å². The number of halogens is 2. The quantitative estimate of drug-likeness (QED) is 0.903. The summed E-state index contributed by atoms with van der Waals surface area (Å²) in [5.41, 5.74) is 1.97. The van der Waals surface area contributed by atoms with Gasteiger partial charge in [-0.3, -0.25) is 4.98 Å². The van der Waals surface area contributed by atoms with Gasteiger partial charge in [-0.2, -0.15) is 0 Å². The van der Waals surface area contributed by atoms with Crippen LogP contribution in [0.5, 0.6) is 0 Å². The van der Waals surface area contributed by atoms with Crippen LogP contribution in [0.1, 0.15) is 37.1 Å². The Labute approximate surface area is 117 Å².